The lowest BCUT2D eigenvalue weighted by atomic mass is 10.3. The molecule has 0 saturated carbocycles. The van der Waals surface area contributed by atoms with Crippen molar-refractivity contribution in [2.45, 2.75) is 22.0 Å². The molecule has 1 heterocycles. The number of hydrogen-bond donors (Lipinski definition) is 3. The maximum Gasteiger partial charge on any atom is 0.328 e. The summed E-state index contributed by atoms with van der Waals surface area (Å²) in [4.78, 5) is 21.2. The number of halogens is 1. The second-order valence-corrected chi connectivity index (χ2v) is 8.87. The Bertz CT molecular complexity index is 900. The number of carboxylic acid groups (broad SMARTS) is 2. The van der Waals surface area contributed by atoms with E-state index in [9.17, 15) is 14.0 Å². The lowest BCUT2D eigenvalue weighted by Gasteiger charge is -2.17. The van der Waals surface area contributed by atoms with Gasteiger partial charge in [-0.05, 0) is 24.3 Å². The first kappa shape index (κ1) is 26.6. The number of hydrogen-bond acceptors (Lipinski definition) is 7. The van der Waals surface area contributed by atoms with Crippen molar-refractivity contribution < 1.29 is 33.7 Å². The van der Waals surface area contributed by atoms with Crippen LogP contribution in [-0.2, 0) is 9.59 Å². The molecule has 7 nitrogen and oxygen atoms in total. The SMILES string of the molecule is COc1ccccc1SC[C@@H](F)CN[C@@H]1COc2ccccc2SC1.O=C(O)/C=C\C(=O)O. The molecule has 0 bridgehead atoms. The zero-order valence-electron chi connectivity index (χ0n) is 18.0. The van der Waals surface area contributed by atoms with Gasteiger partial charge in [0.2, 0.25) is 0 Å². The molecular formula is C23H26FNO6S2. The quantitative estimate of drug-likeness (QED) is 0.352. The molecule has 0 fully saturated rings. The Kier molecular flexibility index (Phi) is 11.6. The van der Waals surface area contributed by atoms with Crippen molar-refractivity contribution in [2.24, 2.45) is 0 Å². The number of aliphatic carboxylic acids is 2. The topological polar surface area (TPSA) is 105 Å². The average molecular weight is 496 g/mol. The van der Waals surface area contributed by atoms with Crippen LogP contribution in [0.25, 0.3) is 0 Å². The number of thioether (sulfide) groups is 2. The number of rotatable bonds is 9. The Hall–Kier alpha value is -2.69. The Morgan fingerprint density at radius 2 is 1.88 bits per heavy atom. The van der Waals surface area contributed by atoms with Crippen molar-refractivity contribution >= 4 is 35.5 Å². The first-order chi connectivity index (χ1) is 15.9. The predicted octanol–water partition coefficient (Wildman–Crippen LogP) is 3.98. The number of carbonyl (C=O) groups is 2. The van der Waals surface area contributed by atoms with Crippen LogP contribution < -0.4 is 14.8 Å². The highest BCUT2D eigenvalue weighted by molar-refractivity contribution is 7.99. The maximum absolute atomic E-state index is 14.3. The maximum atomic E-state index is 14.3. The van der Waals surface area contributed by atoms with Crippen LogP contribution in [0.2, 0.25) is 0 Å². The summed E-state index contributed by atoms with van der Waals surface area (Å²) in [6.45, 7) is 0.892. The number of benzene rings is 2. The Morgan fingerprint density at radius 3 is 2.58 bits per heavy atom. The van der Waals surface area contributed by atoms with Gasteiger partial charge in [-0.2, -0.15) is 0 Å². The van der Waals surface area contributed by atoms with Crippen molar-refractivity contribution in [3.63, 3.8) is 0 Å². The van der Waals surface area contributed by atoms with Gasteiger partial charge < -0.3 is 25.0 Å². The van der Waals surface area contributed by atoms with Gasteiger partial charge in [0.25, 0.3) is 0 Å². The number of alkyl halides is 1. The van der Waals surface area contributed by atoms with E-state index in [0.29, 0.717) is 31.1 Å². The van der Waals surface area contributed by atoms with Gasteiger partial charge in [-0.25, -0.2) is 14.0 Å². The number of ether oxygens (including phenoxy) is 2. The van der Waals surface area contributed by atoms with E-state index in [1.807, 2.05) is 42.5 Å². The molecule has 178 valence electrons. The van der Waals surface area contributed by atoms with Gasteiger partial charge in [0.15, 0.2) is 0 Å². The fourth-order valence-corrected chi connectivity index (χ4v) is 4.64. The number of para-hydroxylation sites is 2. The Morgan fingerprint density at radius 1 is 1.21 bits per heavy atom. The number of methoxy groups -OCH3 is 1. The molecule has 0 amide bonds. The molecule has 0 aromatic heterocycles. The standard InChI is InChI=1S/C19H22FNO2S2.C4H4O4/c1-22-16-6-2-4-8-18(16)24-12-14(20)10-21-15-11-23-17-7-3-5-9-19(17)25-13-15;5-3(6)1-2-4(7)8/h2-9,14-15,21H,10-13H2,1H3;1-2H,(H,5,6)(H,7,8)/b;2-1-/t14-,15+;/m0./s1. The zero-order valence-corrected chi connectivity index (χ0v) is 19.6. The van der Waals surface area contributed by atoms with Gasteiger partial charge in [0, 0.05) is 40.0 Å². The van der Waals surface area contributed by atoms with E-state index in [2.05, 4.69) is 11.4 Å². The molecule has 0 radical (unpaired) electrons. The van der Waals surface area contributed by atoms with Crippen LogP contribution in [0.15, 0.2) is 70.5 Å². The van der Waals surface area contributed by atoms with E-state index in [4.69, 9.17) is 19.7 Å². The summed E-state index contributed by atoms with van der Waals surface area (Å²) in [6.07, 6.45) is 0.190. The predicted molar refractivity (Wildman–Crippen MR) is 127 cm³/mol. The second kappa shape index (κ2) is 14.5. The van der Waals surface area contributed by atoms with Gasteiger partial charge in [0.1, 0.15) is 24.3 Å². The molecular weight excluding hydrogens is 469 g/mol. The molecule has 1 aliphatic heterocycles. The van der Waals surface area contributed by atoms with E-state index in [1.165, 1.54) is 11.8 Å². The average Bonchev–Trinajstić information content (AvgIpc) is 3.03. The minimum absolute atomic E-state index is 0.145. The molecule has 33 heavy (non-hydrogen) atoms. The largest absolute Gasteiger partial charge is 0.496 e. The van der Waals surface area contributed by atoms with Crippen LogP contribution in [0.5, 0.6) is 11.5 Å². The van der Waals surface area contributed by atoms with Gasteiger partial charge >= 0.3 is 11.9 Å². The van der Waals surface area contributed by atoms with Crippen LogP contribution in [0, 0.1) is 0 Å². The first-order valence-corrected chi connectivity index (χ1v) is 12.0. The summed E-state index contributed by atoms with van der Waals surface area (Å²) in [5, 5.41) is 18.9. The number of carboxylic acids is 2. The summed E-state index contributed by atoms with van der Waals surface area (Å²) in [7, 11) is 1.63. The third-order valence-corrected chi connectivity index (χ3v) is 6.61. The highest BCUT2D eigenvalue weighted by atomic mass is 32.2. The molecule has 0 aliphatic carbocycles. The minimum atomic E-state index is -1.26. The lowest BCUT2D eigenvalue weighted by Crippen LogP contribution is -2.40. The van der Waals surface area contributed by atoms with Gasteiger partial charge in [-0.1, -0.05) is 24.3 Å². The van der Waals surface area contributed by atoms with Gasteiger partial charge in [0.05, 0.1) is 13.2 Å². The molecule has 2 aromatic rings. The molecule has 3 rings (SSSR count). The zero-order chi connectivity index (χ0) is 24.1. The molecule has 10 heteroatoms. The van der Waals surface area contributed by atoms with Gasteiger partial charge in [-0.3, -0.25) is 0 Å². The van der Waals surface area contributed by atoms with E-state index < -0.39 is 18.1 Å². The molecule has 2 aromatic carbocycles. The fourth-order valence-electron chi connectivity index (χ4n) is 2.65. The van der Waals surface area contributed by atoms with Crippen LogP contribution in [-0.4, -0.2) is 66.1 Å². The summed E-state index contributed by atoms with van der Waals surface area (Å²) in [6, 6.07) is 15.9. The third kappa shape index (κ3) is 10.2. The smallest absolute Gasteiger partial charge is 0.328 e. The summed E-state index contributed by atoms with van der Waals surface area (Å²) in [5.41, 5.74) is 0. The molecule has 1 aliphatic rings. The Labute approximate surface area is 200 Å². The summed E-state index contributed by atoms with van der Waals surface area (Å²) < 4.78 is 25.4. The van der Waals surface area contributed by atoms with Crippen LogP contribution in [0.1, 0.15) is 0 Å². The molecule has 2 atom stereocenters. The van der Waals surface area contributed by atoms with Crippen molar-refractivity contribution in [3.8, 4) is 11.5 Å². The van der Waals surface area contributed by atoms with Crippen LogP contribution >= 0.6 is 23.5 Å². The fraction of sp³-hybridized carbons (Fsp3) is 0.304. The van der Waals surface area contributed by atoms with Crippen LogP contribution in [0.3, 0.4) is 0 Å². The highest BCUT2D eigenvalue weighted by Gasteiger charge is 2.19. The minimum Gasteiger partial charge on any atom is -0.496 e. The van der Waals surface area contributed by atoms with E-state index in [1.54, 1.807) is 18.9 Å². The van der Waals surface area contributed by atoms with Crippen molar-refractivity contribution in [3.05, 3.63) is 60.7 Å². The second-order valence-electron chi connectivity index (χ2n) is 6.74. The van der Waals surface area contributed by atoms with E-state index >= 15 is 0 Å². The molecule has 3 N–H and O–H groups in total. The van der Waals surface area contributed by atoms with E-state index in [0.717, 1.165) is 27.0 Å². The highest BCUT2D eigenvalue weighted by Crippen LogP contribution is 2.32. The first-order valence-electron chi connectivity index (χ1n) is 10.0. The lowest BCUT2D eigenvalue weighted by molar-refractivity contribution is -0.134. The summed E-state index contributed by atoms with van der Waals surface area (Å²) >= 11 is 3.24. The normalized spacial score (nSPS) is 15.9. The third-order valence-electron chi connectivity index (χ3n) is 4.21. The van der Waals surface area contributed by atoms with Crippen LogP contribution in [0.4, 0.5) is 4.39 Å². The number of fused-ring (bicyclic) bond motifs is 1. The van der Waals surface area contributed by atoms with Crippen molar-refractivity contribution in [1.82, 2.24) is 5.32 Å². The van der Waals surface area contributed by atoms with Crippen molar-refractivity contribution in [2.75, 3.05) is 31.8 Å². The van der Waals surface area contributed by atoms with Crippen molar-refractivity contribution in [1.29, 1.82) is 0 Å². The molecule has 0 saturated heterocycles. The van der Waals surface area contributed by atoms with Gasteiger partial charge in [-0.15, -0.1) is 23.5 Å². The Balaban J connectivity index is 0.000000414. The number of nitrogens with one attached hydrogen (secondary N) is 1. The molecule has 0 spiro atoms. The summed E-state index contributed by atoms with van der Waals surface area (Å²) in [5.74, 6) is 0.469. The molecule has 0 unspecified atom stereocenters. The monoisotopic (exact) mass is 495 g/mol. The van der Waals surface area contributed by atoms with E-state index in [-0.39, 0.29) is 6.04 Å².